The number of rotatable bonds is 6. The van der Waals surface area contributed by atoms with Crippen molar-refractivity contribution < 1.29 is 0 Å². The fourth-order valence-corrected chi connectivity index (χ4v) is 3.75. The maximum atomic E-state index is 5.66. The summed E-state index contributed by atoms with van der Waals surface area (Å²) in [5, 5.41) is 9.40. The van der Waals surface area contributed by atoms with Gasteiger partial charge in [0.2, 0.25) is 0 Å². The van der Waals surface area contributed by atoms with E-state index >= 15 is 0 Å². The van der Waals surface area contributed by atoms with Crippen LogP contribution in [0.2, 0.25) is 0 Å². The molecule has 1 aromatic heterocycles. The molecule has 5 nitrogen and oxygen atoms in total. The van der Waals surface area contributed by atoms with Crippen LogP contribution in [0.4, 0.5) is 0 Å². The van der Waals surface area contributed by atoms with E-state index in [9.17, 15) is 0 Å². The largest absolute Gasteiger partial charge is 0.324 e. The van der Waals surface area contributed by atoms with Crippen LogP contribution in [0, 0.1) is 0 Å². The van der Waals surface area contributed by atoms with E-state index in [0.717, 1.165) is 29.3 Å². The van der Waals surface area contributed by atoms with Crippen molar-refractivity contribution in [2.24, 2.45) is 5.73 Å². The number of aromatic nitrogens is 3. The summed E-state index contributed by atoms with van der Waals surface area (Å²) in [6.45, 7) is 4.72. The molecule has 0 radical (unpaired) electrons. The number of nitrogens with zero attached hydrogens (tertiary/aromatic N) is 4. The Morgan fingerprint density at radius 3 is 2.89 bits per heavy atom. The first-order chi connectivity index (χ1) is 9.26. The summed E-state index contributed by atoms with van der Waals surface area (Å²) in [5.41, 5.74) is 5.66. The molecule has 1 saturated heterocycles. The molecule has 6 heteroatoms. The first-order valence-corrected chi connectivity index (χ1v) is 8.20. The molecule has 2 heterocycles. The third-order valence-corrected chi connectivity index (χ3v) is 4.90. The van der Waals surface area contributed by atoms with E-state index in [0.29, 0.717) is 6.54 Å². The van der Waals surface area contributed by atoms with Gasteiger partial charge in [-0.2, -0.15) is 0 Å². The highest BCUT2D eigenvalue weighted by Gasteiger charge is 2.19. The third-order valence-electron chi connectivity index (χ3n) is 3.90. The lowest BCUT2D eigenvalue weighted by atomic mass is 10.0. The number of hydrogen-bond acceptors (Lipinski definition) is 5. The Hall–Kier alpha value is -0.590. The minimum Gasteiger partial charge on any atom is -0.324 e. The smallest absolute Gasteiger partial charge is 0.191 e. The SMILES string of the molecule is CCn1c(CN)nnc1SCCC1CCCCN1C. The second kappa shape index (κ2) is 7.26. The van der Waals surface area contributed by atoms with Gasteiger partial charge in [0, 0.05) is 18.3 Å². The maximum absolute atomic E-state index is 5.66. The second-order valence-corrected chi connectivity index (χ2v) is 6.18. The third kappa shape index (κ3) is 3.70. The Morgan fingerprint density at radius 2 is 2.21 bits per heavy atom. The van der Waals surface area contributed by atoms with Gasteiger partial charge in [-0.25, -0.2) is 0 Å². The lowest BCUT2D eigenvalue weighted by molar-refractivity contribution is 0.182. The number of thioether (sulfide) groups is 1. The number of piperidine rings is 1. The fraction of sp³-hybridized carbons (Fsp3) is 0.846. The lowest BCUT2D eigenvalue weighted by Gasteiger charge is -2.32. The van der Waals surface area contributed by atoms with Gasteiger partial charge in [-0.3, -0.25) is 0 Å². The van der Waals surface area contributed by atoms with Crippen LogP contribution in [-0.4, -0.2) is 45.1 Å². The molecule has 1 aliphatic heterocycles. The molecule has 2 N–H and O–H groups in total. The highest BCUT2D eigenvalue weighted by Crippen LogP contribution is 2.23. The van der Waals surface area contributed by atoms with Crippen LogP contribution >= 0.6 is 11.8 Å². The summed E-state index contributed by atoms with van der Waals surface area (Å²) < 4.78 is 2.12. The molecule has 2 rings (SSSR count). The van der Waals surface area contributed by atoms with Crippen LogP contribution in [0.1, 0.15) is 38.4 Å². The molecule has 1 unspecified atom stereocenters. The van der Waals surface area contributed by atoms with Crippen molar-refractivity contribution in [3.63, 3.8) is 0 Å². The number of likely N-dealkylation sites (tertiary alicyclic amines) is 1. The Bertz CT molecular complexity index is 392. The normalized spacial score (nSPS) is 20.9. The highest BCUT2D eigenvalue weighted by molar-refractivity contribution is 7.99. The topological polar surface area (TPSA) is 60.0 Å². The molecule has 0 aromatic carbocycles. The number of hydrogen-bond donors (Lipinski definition) is 1. The highest BCUT2D eigenvalue weighted by atomic mass is 32.2. The van der Waals surface area contributed by atoms with Crippen LogP contribution in [0.15, 0.2) is 5.16 Å². The molecule has 19 heavy (non-hydrogen) atoms. The summed E-state index contributed by atoms with van der Waals surface area (Å²) in [4.78, 5) is 2.50. The average Bonchev–Trinajstić information content (AvgIpc) is 2.83. The molecule has 0 bridgehead atoms. The van der Waals surface area contributed by atoms with Gasteiger partial charge in [-0.1, -0.05) is 18.2 Å². The molecule has 1 fully saturated rings. The van der Waals surface area contributed by atoms with Crippen LogP contribution in [0.3, 0.4) is 0 Å². The van der Waals surface area contributed by atoms with Gasteiger partial charge < -0.3 is 15.2 Å². The first kappa shape index (κ1) is 14.8. The molecule has 1 aliphatic rings. The molecule has 0 saturated carbocycles. The van der Waals surface area contributed by atoms with Gasteiger partial charge in [0.15, 0.2) is 5.16 Å². The molecule has 1 aromatic rings. The first-order valence-electron chi connectivity index (χ1n) is 7.21. The monoisotopic (exact) mass is 283 g/mol. The number of nitrogens with two attached hydrogens (primary N) is 1. The van der Waals surface area contributed by atoms with Crippen LogP contribution in [-0.2, 0) is 13.1 Å². The maximum Gasteiger partial charge on any atom is 0.191 e. The van der Waals surface area contributed by atoms with Gasteiger partial charge in [0.05, 0.1) is 6.54 Å². The van der Waals surface area contributed by atoms with E-state index in [1.54, 1.807) is 0 Å². The van der Waals surface area contributed by atoms with Gasteiger partial charge in [0.25, 0.3) is 0 Å². The summed E-state index contributed by atoms with van der Waals surface area (Å²) in [7, 11) is 2.25. The second-order valence-electron chi connectivity index (χ2n) is 5.11. The van der Waals surface area contributed by atoms with Crippen molar-refractivity contribution in [2.75, 3.05) is 19.3 Å². The summed E-state index contributed by atoms with van der Waals surface area (Å²) >= 11 is 1.81. The van der Waals surface area contributed by atoms with Gasteiger partial charge in [0.1, 0.15) is 5.82 Å². The molecular weight excluding hydrogens is 258 g/mol. The van der Waals surface area contributed by atoms with Crippen molar-refractivity contribution in [1.82, 2.24) is 19.7 Å². The van der Waals surface area contributed by atoms with Gasteiger partial charge >= 0.3 is 0 Å². The van der Waals surface area contributed by atoms with Crippen molar-refractivity contribution in [3.05, 3.63) is 5.82 Å². The van der Waals surface area contributed by atoms with Crippen LogP contribution in [0.25, 0.3) is 0 Å². The summed E-state index contributed by atoms with van der Waals surface area (Å²) in [6, 6.07) is 0.744. The Labute approximate surface area is 119 Å². The van der Waals surface area contributed by atoms with Crippen molar-refractivity contribution in [2.45, 2.75) is 56.9 Å². The van der Waals surface area contributed by atoms with E-state index in [4.69, 9.17) is 5.73 Å². The van der Waals surface area contributed by atoms with Crippen molar-refractivity contribution >= 4 is 11.8 Å². The Morgan fingerprint density at radius 1 is 1.37 bits per heavy atom. The quantitative estimate of drug-likeness (QED) is 0.806. The zero-order valence-electron chi connectivity index (χ0n) is 12.0. The zero-order chi connectivity index (χ0) is 13.7. The predicted molar refractivity (Wildman–Crippen MR) is 79.2 cm³/mol. The van der Waals surface area contributed by atoms with Crippen molar-refractivity contribution in [1.29, 1.82) is 0 Å². The van der Waals surface area contributed by atoms with E-state index < -0.39 is 0 Å². The summed E-state index contributed by atoms with van der Waals surface area (Å²) in [5.74, 6) is 2.00. The molecule has 108 valence electrons. The predicted octanol–water partition coefficient (Wildman–Crippen LogP) is 1.72. The minimum atomic E-state index is 0.465. The van der Waals surface area contributed by atoms with Crippen molar-refractivity contribution in [3.8, 4) is 0 Å². The van der Waals surface area contributed by atoms with Crippen LogP contribution in [0.5, 0.6) is 0 Å². The van der Waals surface area contributed by atoms with E-state index in [-0.39, 0.29) is 0 Å². The van der Waals surface area contributed by atoms with Gasteiger partial charge in [-0.05, 0) is 39.8 Å². The standard InChI is InChI=1S/C13H25N5S/c1-3-18-12(10-14)15-16-13(18)19-9-7-11-6-4-5-8-17(11)2/h11H,3-10,14H2,1-2H3. The Balaban J connectivity index is 1.83. The fourth-order valence-electron chi connectivity index (χ4n) is 2.69. The lowest BCUT2D eigenvalue weighted by Crippen LogP contribution is -2.36. The van der Waals surface area contributed by atoms with E-state index in [2.05, 4.69) is 33.6 Å². The van der Waals surface area contributed by atoms with Crippen LogP contribution < -0.4 is 5.73 Å². The molecule has 0 aliphatic carbocycles. The zero-order valence-corrected chi connectivity index (χ0v) is 12.8. The summed E-state index contributed by atoms with van der Waals surface area (Å²) in [6.07, 6.45) is 5.30. The minimum absolute atomic E-state index is 0.465. The van der Waals surface area contributed by atoms with E-state index in [1.165, 1.54) is 32.2 Å². The van der Waals surface area contributed by atoms with E-state index in [1.807, 2.05) is 11.8 Å². The molecule has 0 spiro atoms. The molecule has 1 atom stereocenters. The average molecular weight is 283 g/mol. The Kier molecular flexibility index (Phi) is 5.66. The molecular formula is C13H25N5S. The molecule has 0 amide bonds. The van der Waals surface area contributed by atoms with Gasteiger partial charge in [-0.15, -0.1) is 10.2 Å².